The van der Waals surface area contributed by atoms with Crippen molar-refractivity contribution in [3.05, 3.63) is 12.4 Å². The van der Waals surface area contributed by atoms with Crippen molar-refractivity contribution in [3.63, 3.8) is 0 Å². The summed E-state index contributed by atoms with van der Waals surface area (Å²) in [5.41, 5.74) is 6.13. The Morgan fingerprint density at radius 1 is 1.25 bits per heavy atom. The summed E-state index contributed by atoms with van der Waals surface area (Å²) in [6.45, 7) is 6.80. The highest BCUT2D eigenvalue weighted by Gasteiger charge is 2.23. The molecule has 0 aromatic carbocycles. The maximum atomic E-state index is 5.68. The van der Waals surface area contributed by atoms with Crippen LogP contribution in [0.5, 0.6) is 0 Å². The number of nitrogens with two attached hydrogens (primary N) is 1. The highest BCUT2D eigenvalue weighted by atomic mass is 15.2. The predicted molar refractivity (Wildman–Crippen MR) is 66.3 cm³/mol. The van der Waals surface area contributed by atoms with Crippen LogP contribution in [0, 0.1) is 5.41 Å². The molecule has 4 heteroatoms. The maximum Gasteiger partial charge on any atom is 0.134 e. The minimum Gasteiger partial charge on any atom is -0.384 e. The molecule has 0 radical (unpaired) electrons. The number of hydrogen-bond acceptors (Lipinski definition) is 4. The molecule has 2 heterocycles. The van der Waals surface area contributed by atoms with Crippen molar-refractivity contribution in [2.24, 2.45) is 5.41 Å². The summed E-state index contributed by atoms with van der Waals surface area (Å²) in [5, 5.41) is 0. The topological polar surface area (TPSA) is 55.0 Å². The van der Waals surface area contributed by atoms with Gasteiger partial charge in [-0.25, -0.2) is 9.97 Å². The molecule has 2 N–H and O–H groups in total. The summed E-state index contributed by atoms with van der Waals surface area (Å²) in [4.78, 5) is 10.5. The summed E-state index contributed by atoms with van der Waals surface area (Å²) in [7, 11) is 0. The molecule has 1 saturated heterocycles. The third-order valence-corrected chi connectivity index (χ3v) is 3.34. The Hall–Kier alpha value is -1.32. The molecule has 1 aliphatic heterocycles. The van der Waals surface area contributed by atoms with E-state index in [9.17, 15) is 0 Å². The van der Waals surface area contributed by atoms with Crippen LogP contribution in [0.4, 0.5) is 11.6 Å². The van der Waals surface area contributed by atoms with Gasteiger partial charge in [0.1, 0.15) is 18.0 Å². The van der Waals surface area contributed by atoms with Crippen LogP contribution in [0.1, 0.15) is 33.1 Å². The first kappa shape index (κ1) is 11.2. The quantitative estimate of drug-likeness (QED) is 0.787. The molecule has 1 aromatic rings. The van der Waals surface area contributed by atoms with Gasteiger partial charge in [-0.1, -0.05) is 13.8 Å². The Morgan fingerprint density at radius 3 is 2.81 bits per heavy atom. The van der Waals surface area contributed by atoms with Crippen LogP contribution < -0.4 is 10.6 Å². The molecule has 88 valence electrons. The first-order valence-corrected chi connectivity index (χ1v) is 5.89. The number of nitrogen functional groups attached to an aromatic ring is 1. The fraction of sp³-hybridized carbons (Fsp3) is 0.667. The molecule has 0 spiro atoms. The van der Waals surface area contributed by atoms with Gasteiger partial charge in [0.2, 0.25) is 0 Å². The molecule has 4 nitrogen and oxygen atoms in total. The van der Waals surface area contributed by atoms with Crippen LogP contribution in [-0.2, 0) is 0 Å². The van der Waals surface area contributed by atoms with Gasteiger partial charge in [0.25, 0.3) is 0 Å². The Labute approximate surface area is 96.9 Å². The molecular weight excluding hydrogens is 200 g/mol. The van der Waals surface area contributed by atoms with E-state index < -0.39 is 0 Å². The minimum atomic E-state index is 0.452. The maximum absolute atomic E-state index is 5.68. The second kappa shape index (κ2) is 4.28. The van der Waals surface area contributed by atoms with E-state index in [1.54, 1.807) is 6.33 Å². The second-order valence-electron chi connectivity index (χ2n) is 5.31. The lowest BCUT2D eigenvalue weighted by atomic mass is 9.85. The number of hydrogen-bond donors (Lipinski definition) is 1. The van der Waals surface area contributed by atoms with Crippen LogP contribution in [0.15, 0.2) is 12.4 Å². The number of nitrogens with zero attached hydrogens (tertiary/aromatic N) is 3. The molecule has 0 aliphatic carbocycles. The minimum absolute atomic E-state index is 0.452. The standard InChI is InChI=1S/C12H20N4/c1-12(2)4-3-6-16(7-5-12)11-8-10(13)14-9-15-11/h8-9H,3-7H2,1-2H3,(H2,13,14,15). The monoisotopic (exact) mass is 220 g/mol. The van der Waals surface area contributed by atoms with Gasteiger partial charge in [-0.05, 0) is 24.7 Å². The molecule has 0 amide bonds. The van der Waals surface area contributed by atoms with E-state index in [1.165, 1.54) is 19.3 Å². The average Bonchev–Trinajstić information content (AvgIpc) is 2.39. The van der Waals surface area contributed by atoms with Crippen molar-refractivity contribution in [1.82, 2.24) is 9.97 Å². The first-order valence-electron chi connectivity index (χ1n) is 5.89. The lowest BCUT2D eigenvalue weighted by molar-refractivity contribution is 0.325. The normalized spacial score (nSPS) is 20.5. The van der Waals surface area contributed by atoms with Crippen LogP contribution in [0.25, 0.3) is 0 Å². The highest BCUT2D eigenvalue weighted by Crippen LogP contribution is 2.31. The van der Waals surface area contributed by atoms with Crippen molar-refractivity contribution in [3.8, 4) is 0 Å². The van der Waals surface area contributed by atoms with E-state index in [1.807, 2.05) is 6.07 Å². The van der Waals surface area contributed by atoms with E-state index in [0.717, 1.165) is 18.9 Å². The summed E-state index contributed by atoms with van der Waals surface area (Å²) in [6.07, 6.45) is 5.25. The second-order valence-corrected chi connectivity index (χ2v) is 5.31. The van der Waals surface area contributed by atoms with Gasteiger partial charge in [-0.3, -0.25) is 0 Å². The van der Waals surface area contributed by atoms with Crippen molar-refractivity contribution in [2.75, 3.05) is 23.7 Å². The van der Waals surface area contributed by atoms with Gasteiger partial charge in [0, 0.05) is 19.2 Å². The average molecular weight is 220 g/mol. The summed E-state index contributed by atoms with van der Waals surface area (Å²) >= 11 is 0. The largest absolute Gasteiger partial charge is 0.384 e. The molecule has 2 rings (SSSR count). The zero-order valence-corrected chi connectivity index (χ0v) is 10.1. The molecule has 0 bridgehead atoms. The molecular formula is C12H20N4. The lowest BCUT2D eigenvalue weighted by Crippen LogP contribution is -2.26. The van der Waals surface area contributed by atoms with E-state index >= 15 is 0 Å². The summed E-state index contributed by atoms with van der Waals surface area (Å²) in [5.74, 6) is 1.51. The fourth-order valence-electron chi connectivity index (χ4n) is 2.19. The van der Waals surface area contributed by atoms with Crippen molar-refractivity contribution < 1.29 is 0 Å². The van der Waals surface area contributed by atoms with Gasteiger partial charge in [0.15, 0.2) is 0 Å². The number of rotatable bonds is 1. The van der Waals surface area contributed by atoms with E-state index in [4.69, 9.17) is 5.73 Å². The SMILES string of the molecule is CC1(C)CCCN(c2cc(N)ncn2)CC1. The number of aromatic nitrogens is 2. The van der Waals surface area contributed by atoms with Gasteiger partial charge in [0.05, 0.1) is 0 Å². The molecule has 0 unspecified atom stereocenters. The first-order chi connectivity index (χ1) is 7.57. The predicted octanol–water partition coefficient (Wildman–Crippen LogP) is 2.08. The summed E-state index contributed by atoms with van der Waals surface area (Å²) < 4.78 is 0. The molecule has 0 atom stereocenters. The van der Waals surface area contributed by atoms with Crippen LogP contribution in [-0.4, -0.2) is 23.1 Å². The highest BCUT2D eigenvalue weighted by molar-refractivity contribution is 5.45. The molecule has 1 aliphatic rings. The van der Waals surface area contributed by atoms with E-state index in [0.29, 0.717) is 11.2 Å². The molecule has 1 fully saturated rings. The number of anilines is 2. The molecule has 0 saturated carbocycles. The van der Waals surface area contributed by atoms with Gasteiger partial charge in [-0.2, -0.15) is 0 Å². The molecule has 16 heavy (non-hydrogen) atoms. The van der Waals surface area contributed by atoms with Crippen LogP contribution in [0.2, 0.25) is 0 Å². The smallest absolute Gasteiger partial charge is 0.134 e. The van der Waals surface area contributed by atoms with Gasteiger partial charge in [-0.15, -0.1) is 0 Å². The van der Waals surface area contributed by atoms with Gasteiger partial charge >= 0.3 is 0 Å². The summed E-state index contributed by atoms with van der Waals surface area (Å²) in [6, 6.07) is 1.86. The van der Waals surface area contributed by atoms with Crippen molar-refractivity contribution in [1.29, 1.82) is 0 Å². The van der Waals surface area contributed by atoms with E-state index in [-0.39, 0.29) is 0 Å². The van der Waals surface area contributed by atoms with Crippen LogP contribution >= 0.6 is 0 Å². The van der Waals surface area contributed by atoms with Crippen molar-refractivity contribution in [2.45, 2.75) is 33.1 Å². The Balaban J connectivity index is 2.11. The Bertz CT molecular complexity index is 362. The molecule has 1 aromatic heterocycles. The van der Waals surface area contributed by atoms with E-state index in [2.05, 4.69) is 28.7 Å². The zero-order valence-electron chi connectivity index (χ0n) is 10.1. The fourth-order valence-corrected chi connectivity index (χ4v) is 2.19. The van der Waals surface area contributed by atoms with Crippen molar-refractivity contribution >= 4 is 11.6 Å². The third-order valence-electron chi connectivity index (χ3n) is 3.34. The lowest BCUT2D eigenvalue weighted by Gasteiger charge is -2.24. The van der Waals surface area contributed by atoms with Crippen LogP contribution in [0.3, 0.4) is 0 Å². The Kier molecular flexibility index (Phi) is 2.99. The zero-order chi connectivity index (χ0) is 11.6. The Morgan fingerprint density at radius 2 is 2.06 bits per heavy atom. The third kappa shape index (κ3) is 2.62. The van der Waals surface area contributed by atoms with Gasteiger partial charge < -0.3 is 10.6 Å².